The van der Waals surface area contributed by atoms with Gasteiger partial charge >= 0.3 is 29.6 Å². The van der Waals surface area contributed by atoms with Crippen molar-refractivity contribution in [2.24, 2.45) is 0 Å². The van der Waals surface area contributed by atoms with Gasteiger partial charge in [-0.05, 0) is 62.2 Å². The second-order valence-corrected chi connectivity index (χ2v) is 9.66. The van der Waals surface area contributed by atoms with Crippen LogP contribution in [-0.2, 0) is 12.6 Å². The van der Waals surface area contributed by atoms with E-state index in [9.17, 15) is 0 Å². The van der Waals surface area contributed by atoms with Gasteiger partial charge in [-0.15, -0.1) is 11.8 Å². The number of aromatic nitrogens is 4. The fourth-order valence-corrected chi connectivity index (χ4v) is 4.91. The fraction of sp³-hybridized carbons (Fsp3) is 0.238. The summed E-state index contributed by atoms with van der Waals surface area (Å²) in [6.45, 7) is 6.03. The van der Waals surface area contributed by atoms with Crippen LogP contribution in [0.5, 0.6) is 0 Å². The van der Waals surface area contributed by atoms with Gasteiger partial charge in [0.25, 0.3) is 0 Å². The van der Waals surface area contributed by atoms with Crippen LogP contribution in [0, 0.1) is 29.6 Å². The molecule has 160 valence electrons. The Hall–Kier alpha value is -0.980. The topological polar surface area (TPSA) is 82.2 Å². The van der Waals surface area contributed by atoms with E-state index in [0.29, 0.717) is 11.1 Å². The number of nitrogens with zero attached hydrogens (tertiary/aromatic N) is 6. The van der Waals surface area contributed by atoms with Gasteiger partial charge in [0.2, 0.25) is 0 Å². The number of hydrogen-bond donors (Lipinski definition) is 0. The Morgan fingerprint density at radius 1 is 0.969 bits per heavy atom. The third-order valence-electron chi connectivity index (χ3n) is 3.79. The monoisotopic (exact) mass is 600 g/mol. The minimum absolute atomic E-state index is 0. The standard InChI is InChI=1S/C10H8BrN3S.C9H6BrN3.C2H6S.Na/c1-2-15-8-3-9(11)10-7(4-12)5-13-14(10)6-8;1-6-2-8(10)9-7(3-11)4-12-13(9)5-6;1-2-3;/h3,5-6H,2H2,1H3;2,4-5H,1H3;3H,2H2,1H3;/q;;;+1/p-1. The van der Waals surface area contributed by atoms with Crippen molar-refractivity contribution < 1.29 is 29.6 Å². The van der Waals surface area contributed by atoms with Crippen LogP contribution in [0.15, 0.2) is 50.8 Å². The van der Waals surface area contributed by atoms with Crippen molar-refractivity contribution in [3.8, 4) is 12.1 Å². The van der Waals surface area contributed by atoms with E-state index in [4.69, 9.17) is 10.5 Å². The smallest absolute Gasteiger partial charge is 0.793 e. The second kappa shape index (κ2) is 14.3. The van der Waals surface area contributed by atoms with Crippen molar-refractivity contribution >= 4 is 67.3 Å². The predicted molar refractivity (Wildman–Crippen MR) is 134 cm³/mol. The van der Waals surface area contributed by atoms with Gasteiger partial charge in [0.05, 0.1) is 34.6 Å². The number of halogens is 2. The molecular weight excluding hydrogens is 583 g/mol. The Bertz CT molecular complexity index is 1270. The van der Waals surface area contributed by atoms with E-state index in [2.05, 4.69) is 73.7 Å². The number of fused-ring (bicyclic) bond motifs is 2. The van der Waals surface area contributed by atoms with Crippen LogP contribution in [0.2, 0.25) is 0 Å². The molecule has 4 aromatic heterocycles. The summed E-state index contributed by atoms with van der Waals surface area (Å²) in [6, 6.07) is 8.21. The maximum atomic E-state index is 8.89. The zero-order valence-electron chi connectivity index (χ0n) is 18.1. The van der Waals surface area contributed by atoms with Crippen LogP contribution in [0.3, 0.4) is 0 Å². The zero-order valence-corrected chi connectivity index (χ0v) is 24.9. The second-order valence-electron chi connectivity index (χ2n) is 6.04. The summed E-state index contributed by atoms with van der Waals surface area (Å²) in [5.41, 5.74) is 3.94. The van der Waals surface area contributed by atoms with Gasteiger partial charge in [-0.25, -0.2) is 9.03 Å². The van der Waals surface area contributed by atoms with Crippen molar-refractivity contribution in [2.45, 2.75) is 25.7 Å². The van der Waals surface area contributed by atoms with Crippen molar-refractivity contribution in [3.05, 3.63) is 62.6 Å². The molecule has 4 aromatic rings. The minimum atomic E-state index is 0. The summed E-state index contributed by atoms with van der Waals surface area (Å²) in [4.78, 5) is 1.14. The van der Waals surface area contributed by atoms with Crippen molar-refractivity contribution in [2.75, 3.05) is 11.5 Å². The van der Waals surface area contributed by atoms with Crippen LogP contribution in [0.25, 0.3) is 11.0 Å². The van der Waals surface area contributed by atoms with Gasteiger partial charge < -0.3 is 12.6 Å². The number of nitriles is 2. The number of thioether (sulfide) groups is 1. The van der Waals surface area contributed by atoms with Crippen LogP contribution >= 0.6 is 43.6 Å². The molecular formula is C21H19Br2N6NaS2. The first-order valence-corrected chi connectivity index (χ1v) is 12.4. The molecule has 0 aromatic carbocycles. The Kier molecular flexibility index (Phi) is 13.0. The molecule has 11 heteroatoms. The molecule has 0 fully saturated rings. The van der Waals surface area contributed by atoms with E-state index in [-0.39, 0.29) is 29.6 Å². The molecule has 0 atom stereocenters. The van der Waals surface area contributed by atoms with Crippen LogP contribution < -0.4 is 29.6 Å². The quantitative estimate of drug-likeness (QED) is 0.200. The molecule has 0 amide bonds. The SMILES string of the molecule is CCSc1cc(Br)c2c(C#N)cnn2c1.CC[S-].Cc1cc(Br)c2c(C#N)cnn2c1.[Na+]. The Morgan fingerprint density at radius 2 is 1.44 bits per heavy atom. The molecule has 0 radical (unpaired) electrons. The van der Waals surface area contributed by atoms with Crippen molar-refractivity contribution in [1.29, 1.82) is 10.5 Å². The van der Waals surface area contributed by atoms with Gasteiger partial charge in [0.1, 0.15) is 12.1 Å². The molecule has 4 rings (SSSR count). The summed E-state index contributed by atoms with van der Waals surface area (Å²) in [5, 5.41) is 25.9. The van der Waals surface area contributed by atoms with Crippen LogP contribution in [-0.4, -0.2) is 30.7 Å². The largest absolute Gasteiger partial charge is 1.00 e. The Balaban J connectivity index is 0.000000280. The molecule has 0 bridgehead atoms. The van der Waals surface area contributed by atoms with E-state index in [1.54, 1.807) is 33.2 Å². The van der Waals surface area contributed by atoms with Gasteiger partial charge in [-0.3, -0.25) is 0 Å². The summed E-state index contributed by atoms with van der Waals surface area (Å²) in [6.07, 6.45) is 6.98. The Labute approximate surface area is 236 Å². The summed E-state index contributed by atoms with van der Waals surface area (Å²) < 4.78 is 5.26. The zero-order chi connectivity index (χ0) is 23.0. The maximum absolute atomic E-state index is 8.89. The molecule has 0 saturated heterocycles. The molecule has 0 N–H and O–H groups in total. The molecule has 0 saturated carbocycles. The molecule has 32 heavy (non-hydrogen) atoms. The first-order chi connectivity index (χ1) is 14.9. The fourth-order valence-electron chi connectivity index (χ4n) is 2.66. The molecule has 0 aliphatic rings. The van der Waals surface area contributed by atoms with Gasteiger partial charge in [0, 0.05) is 26.2 Å². The number of pyridine rings is 2. The van der Waals surface area contributed by atoms with Gasteiger partial charge in [-0.2, -0.15) is 26.5 Å². The third-order valence-corrected chi connectivity index (χ3v) is 5.85. The van der Waals surface area contributed by atoms with E-state index in [1.807, 2.05) is 38.4 Å². The molecule has 0 spiro atoms. The number of rotatable bonds is 2. The summed E-state index contributed by atoms with van der Waals surface area (Å²) >= 11 is 13.0. The summed E-state index contributed by atoms with van der Waals surface area (Å²) in [5.74, 6) is 1.85. The van der Waals surface area contributed by atoms with E-state index in [1.165, 1.54) is 0 Å². The third kappa shape index (κ3) is 7.26. The molecule has 4 heterocycles. The average molecular weight is 602 g/mol. The maximum Gasteiger partial charge on any atom is 1.00 e. The van der Waals surface area contributed by atoms with Crippen LogP contribution in [0.4, 0.5) is 0 Å². The molecule has 0 unspecified atom stereocenters. The van der Waals surface area contributed by atoms with Gasteiger partial charge in [0.15, 0.2) is 0 Å². The van der Waals surface area contributed by atoms with Gasteiger partial charge in [-0.1, -0.05) is 13.8 Å². The minimum Gasteiger partial charge on any atom is -0.793 e. The van der Waals surface area contributed by atoms with Crippen molar-refractivity contribution in [3.63, 3.8) is 0 Å². The van der Waals surface area contributed by atoms with E-state index < -0.39 is 0 Å². The number of aryl methyl sites for hydroxylation is 1. The summed E-state index contributed by atoms with van der Waals surface area (Å²) in [7, 11) is 0. The average Bonchev–Trinajstić information content (AvgIpc) is 3.33. The van der Waals surface area contributed by atoms with E-state index >= 15 is 0 Å². The van der Waals surface area contributed by atoms with E-state index in [0.717, 1.165) is 41.9 Å². The number of hydrogen-bond acceptors (Lipinski definition) is 6. The van der Waals surface area contributed by atoms with Crippen LogP contribution in [0.1, 0.15) is 30.5 Å². The molecule has 0 aliphatic heterocycles. The first kappa shape index (κ1) is 29.1. The van der Waals surface area contributed by atoms with Crippen molar-refractivity contribution in [1.82, 2.24) is 19.2 Å². The predicted octanol–water partition coefficient (Wildman–Crippen LogP) is 2.91. The Morgan fingerprint density at radius 3 is 1.91 bits per heavy atom. The molecule has 6 nitrogen and oxygen atoms in total. The normalized spacial score (nSPS) is 9.62. The molecule has 0 aliphatic carbocycles. The first-order valence-electron chi connectivity index (χ1n) is 9.21.